The van der Waals surface area contributed by atoms with Gasteiger partial charge in [-0.3, -0.25) is 4.79 Å². The maximum absolute atomic E-state index is 13.2. The monoisotopic (exact) mass is 342 g/mol. The molecule has 1 amide bonds. The molecule has 0 radical (unpaired) electrons. The Morgan fingerprint density at radius 2 is 1.80 bits per heavy atom. The number of carbonyl (C=O) groups excluding carboxylic acids is 1. The maximum atomic E-state index is 13.2. The summed E-state index contributed by atoms with van der Waals surface area (Å²) in [7, 11) is 0. The van der Waals surface area contributed by atoms with Crippen molar-refractivity contribution in [3.63, 3.8) is 0 Å². The summed E-state index contributed by atoms with van der Waals surface area (Å²) in [5.74, 6) is 0.292. The number of amides is 1. The lowest BCUT2D eigenvalue weighted by molar-refractivity contribution is -0.121. The highest BCUT2D eigenvalue weighted by molar-refractivity contribution is 5.76. The molecule has 3 rings (SSSR count). The van der Waals surface area contributed by atoms with E-state index in [1.807, 2.05) is 12.1 Å². The number of halogens is 1. The molecular weight excluding hydrogens is 319 g/mol. The zero-order valence-electron chi connectivity index (χ0n) is 14.2. The van der Waals surface area contributed by atoms with Crippen molar-refractivity contribution in [3.05, 3.63) is 54.1 Å². The molecule has 25 heavy (non-hydrogen) atoms. The van der Waals surface area contributed by atoms with Crippen LogP contribution in [0.2, 0.25) is 0 Å². The van der Waals surface area contributed by atoms with E-state index in [-0.39, 0.29) is 17.1 Å². The minimum Gasteiger partial charge on any atom is -0.355 e. The van der Waals surface area contributed by atoms with Gasteiger partial charge >= 0.3 is 0 Å². The SMILES string of the molecule is O=C(CCNc1ncccn1)NCC1(c2ccc(F)cc2)CCCC1. The number of carbonyl (C=O) groups is 1. The Morgan fingerprint density at radius 1 is 1.12 bits per heavy atom. The molecule has 0 aliphatic heterocycles. The maximum Gasteiger partial charge on any atom is 0.222 e. The molecule has 0 spiro atoms. The smallest absolute Gasteiger partial charge is 0.222 e. The molecular formula is C19H23FN4O. The second kappa shape index (κ2) is 8.05. The molecule has 1 saturated carbocycles. The third kappa shape index (κ3) is 4.53. The van der Waals surface area contributed by atoms with Crippen LogP contribution in [0.3, 0.4) is 0 Å². The Balaban J connectivity index is 1.51. The van der Waals surface area contributed by atoms with Gasteiger partial charge in [0.1, 0.15) is 5.82 Å². The van der Waals surface area contributed by atoms with Crippen LogP contribution in [0.5, 0.6) is 0 Å². The summed E-state index contributed by atoms with van der Waals surface area (Å²) < 4.78 is 13.2. The van der Waals surface area contributed by atoms with E-state index in [1.165, 1.54) is 12.1 Å². The number of hydrogen-bond donors (Lipinski definition) is 2. The lowest BCUT2D eigenvalue weighted by atomic mass is 9.79. The van der Waals surface area contributed by atoms with Crippen LogP contribution in [0.1, 0.15) is 37.7 Å². The van der Waals surface area contributed by atoms with Crippen molar-refractivity contribution in [1.29, 1.82) is 0 Å². The van der Waals surface area contributed by atoms with Gasteiger partial charge in [-0.05, 0) is 36.6 Å². The van der Waals surface area contributed by atoms with E-state index in [0.717, 1.165) is 31.2 Å². The van der Waals surface area contributed by atoms with E-state index >= 15 is 0 Å². The van der Waals surface area contributed by atoms with Crippen LogP contribution in [-0.2, 0) is 10.2 Å². The second-order valence-electron chi connectivity index (χ2n) is 6.52. The lowest BCUT2D eigenvalue weighted by Gasteiger charge is -2.30. The molecule has 0 saturated heterocycles. The Bertz CT molecular complexity index is 684. The molecule has 1 aromatic carbocycles. The van der Waals surface area contributed by atoms with Crippen molar-refractivity contribution < 1.29 is 9.18 Å². The fraction of sp³-hybridized carbons (Fsp3) is 0.421. The number of nitrogens with zero attached hydrogens (tertiary/aromatic N) is 2. The van der Waals surface area contributed by atoms with E-state index in [2.05, 4.69) is 20.6 Å². The van der Waals surface area contributed by atoms with Gasteiger partial charge in [-0.2, -0.15) is 0 Å². The third-order valence-corrected chi connectivity index (χ3v) is 4.84. The highest BCUT2D eigenvalue weighted by Gasteiger charge is 2.35. The van der Waals surface area contributed by atoms with Gasteiger partial charge in [0.2, 0.25) is 11.9 Å². The summed E-state index contributed by atoms with van der Waals surface area (Å²) in [5.41, 5.74) is 1.04. The van der Waals surface area contributed by atoms with Crippen molar-refractivity contribution >= 4 is 11.9 Å². The summed E-state index contributed by atoms with van der Waals surface area (Å²) in [6.07, 6.45) is 7.99. The highest BCUT2D eigenvalue weighted by Crippen LogP contribution is 2.40. The van der Waals surface area contributed by atoms with Gasteiger partial charge in [-0.25, -0.2) is 14.4 Å². The van der Waals surface area contributed by atoms with Crippen LogP contribution >= 0.6 is 0 Å². The largest absolute Gasteiger partial charge is 0.355 e. The van der Waals surface area contributed by atoms with Crippen LogP contribution in [0.15, 0.2) is 42.7 Å². The zero-order chi connectivity index (χ0) is 17.5. The van der Waals surface area contributed by atoms with Crippen LogP contribution in [-0.4, -0.2) is 29.0 Å². The molecule has 1 aromatic heterocycles. The number of hydrogen-bond acceptors (Lipinski definition) is 4. The molecule has 2 N–H and O–H groups in total. The highest BCUT2D eigenvalue weighted by atomic mass is 19.1. The molecule has 1 fully saturated rings. The minimum absolute atomic E-state index is 0.00295. The summed E-state index contributed by atoms with van der Waals surface area (Å²) in [4.78, 5) is 20.3. The van der Waals surface area contributed by atoms with Crippen LogP contribution in [0.25, 0.3) is 0 Å². The first kappa shape index (κ1) is 17.3. The van der Waals surface area contributed by atoms with Crippen LogP contribution in [0.4, 0.5) is 10.3 Å². The first-order valence-electron chi connectivity index (χ1n) is 8.72. The zero-order valence-corrected chi connectivity index (χ0v) is 14.2. The molecule has 0 atom stereocenters. The van der Waals surface area contributed by atoms with Gasteiger partial charge in [-0.15, -0.1) is 0 Å². The quantitative estimate of drug-likeness (QED) is 0.812. The number of anilines is 1. The number of benzene rings is 1. The van der Waals surface area contributed by atoms with Gasteiger partial charge in [0.15, 0.2) is 0 Å². The summed E-state index contributed by atoms with van der Waals surface area (Å²) >= 11 is 0. The van der Waals surface area contributed by atoms with E-state index in [1.54, 1.807) is 18.5 Å². The molecule has 0 unspecified atom stereocenters. The predicted molar refractivity (Wildman–Crippen MR) is 94.7 cm³/mol. The topological polar surface area (TPSA) is 66.9 Å². The second-order valence-corrected chi connectivity index (χ2v) is 6.52. The van der Waals surface area contributed by atoms with Crippen molar-refractivity contribution in [3.8, 4) is 0 Å². The summed E-state index contributed by atoms with van der Waals surface area (Å²) in [5, 5.41) is 6.08. The van der Waals surface area contributed by atoms with Gasteiger partial charge < -0.3 is 10.6 Å². The Kier molecular flexibility index (Phi) is 5.58. The first-order valence-corrected chi connectivity index (χ1v) is 8.72. The molecule has 6 heteroatoms. The fourth-order valence-electron chi connectivity index (χ4n) is 3.46. The molecule has 132 valence electrons. The number of rotatable bonds is 7. The van der Waals surface area contributed by atoms with Crippen LogP contribution < -0.4 is 10.6 Å². The Labute approximate surface area is 147 Å². The standard InChI is InChI=1S/C19H23FN4O/c20-16-6-4-15(5-7-16)19(9-1-2-10-19)14-24-17(25)8-13-23-18-21-11-3-12-22-18/h3-7,11-12H,1-2,8-10,13-14H2,(H,24,25)(H,21,22,23). The number of aromatic nitrogens is 2. The van der Waals surface area contributed by atoms with Gasteiger partial charge in [0.25, 0.3) is 0 Å². The van der Waals surface area contributed by atoms with Gasteiger partial charge in [0.05, 0.1) is 0 Å². The molecule has 1 aliphatic carbocycles. The first-order chi connectivity index (χ1) is 12.2. The molecule has 1 heterocycles. The Morgan fingerprint density at radius 3 is 2.48 bits per heavy atom. The molecule has 2 aromatic rings. The normalized spacial score (nSPS) is 15.7. The number of nitrogens with one attached hydrogen (secondary N) is 2. The molecule has 0 bridgehead atoms. The van der Waals surface area contributed by atoms with E-state index in [0.29, 0.717) is 25.5 Å². The van der Waals surface area contributed by atoms with E-state index in [4.69, 9.17) is 0 Å². The summed E-state index contributed by atoms with van der Waals surface area (Å²) in [6, 6.07) is 8.44. The van der Waals surface area contributed by atoms with Crippen molar-refractivity contribution in [1.82, 2.24) is 15.3 Å². The summed E-state index contributed by atoms with van der Waals surface area (Å²) in [6.45, 7) is 1.08. The fourth-order valence-corrected chi connectivity index (χ4v) is 3.46. The minimum atomic E-state index is -0.227. The lowest BCUT2D eigenvalue weighted by Crippen LogP contribution is -2.39. The van der Waals surface area contributed by atoms with Crippen molar-refractivity contribution in [2.75, 3.05) is 18.4 Å². The predicted octanol–water partition coefficient (Wildman–Crippen LogP) is 3.05. The van der Waals surface area contributed by atoms with Gasteiger partial charge in [-0.1, -0.05) is 25.0 Å². The van der Waals surface area contributed by atoms with E-state index < -0.39 is 0 Å². The Hall–Kier alpha value is -2.50. The van der Waals surface area contributed by atoms with Crippen LogP contribution in [0, 0.1) is 5.82 Å². The van der Waals surface area contributed by atoms with Crippen molar-refractivity contribution in [2.45, 2.75) is 37.5 Å². The average Bonchev–Trinajstić information content (AvgIpc) is 3.12. The van der Waals surface area contributed by atoms with Crippen molar-refractivity contribution in [2.24, 2.45) is 0 Å². The average molecular weight is 342 g/mol. The third-order valence-electron chi connectivity index (χ3n) is 4.84. The van der Waals surface area contributed by atoms with E-state index in [9.17, 15) is 9.18 Å². The molecule has 1 aliphatic rings. The van der Waals surface area contributed by atoms with Gasteiger partial charge in [0, 0.05) is 37.3 Å². The molecule has 5 nitrogen and oxygen atoms in total.